The van der Waals surface area contributed by atoms with E-state index in [0.29, 0.717) is 5.65 Å². The van der Waals surface area contributed by atoms with Crippen LogP contribution in [-0.2, 0) is 6.54 Å². The lowest BCUT2D eigenvalue weighted by Crippen LogP contribution is -2.25. The lowest BCUT2D eigenvalue weighted by atomic mass is 10.1. The van der Waals surface area contributed by atoms with Gasteiger partial charge in [0.1, 0.15) is 0 Å². The molecule has 20 heavy (non-hydrogen) atoms. The van der Waals surface area contributed by atoms with Crippen LogP contribution in [-0.4, -0.2) is 38.3 Å². The molecule has 0 spiro atoms. The van der Waals surface area contributed by atoms with Gasteiger partial charge < -0.3 is 10.2 Å². The average molecular weight is 267 g/mol. The maximum absolute atomic E-state index is 4.48. The van der Waals surface area contributed by atoms with E-state index in [9.17, 15) is 0 Å². The standard InChI is InChI=1S/C13H13N7/c1-2-4-11-10(3-1)9-14-7-8-19(11)13-6-5-12-15-17-18-20(12)16-13/h1-6,14H,7-9H2. The van der Waals surface area contributed by atoms with Crippen molar-refractivity contribution in [2.24, 2.45) is 0 Å². The molecule has 2 aromatic heterocycles. The molecule has 1 aromatic carbocycles. The maximum atomic E-state index is 4.48. The van der Waals surface area contributed by atoms with Crippen molar-refractivity contribution in [3.05, 3.63) is 42.0 Å². The van der Waals surface area contributed by atoms with Crippen LogP contribution in [0.4, 0.5) is 11.5 Å². The third-order valence-electron chi connectivity index (χ3n) is 3.44. The first-order valence-corrected chi connectivity index (χ1v) is 6.53. The third kappa shape index (κ3) is 1.79. The van der Waals surface area contributed by atoms with Crippen molar-refractivity contribution in [1.29, 1.82) is 0 Å². The number of rotatable bonds is 1. The van der Waals surface area contributed by atoms with Crippen molar-refractivity contribution in [3.63, 3.8) is 0 Å². The first-order valence-electron chi connectivity index (χ1n) is 6.53. The number of fused-ring (bicyclic) bond motifs is 2. The molecule has 0 radical (unpaired) electrons. The highest BCUT2D eigenvalue weighted by atomic mass is 15.6. The summed E-state index contributed by atoms with van der Waals surface area (Å²) in [5.41, 5.74) is 3.09. The molecule has 0 amide bonds. The first-order chi connectivity index (χ1) is 9.92. The van der Waals surface area contributed by atoms with Gasteiger partial charge >= 0.3 is 0 Å². The molecule has 7 nitrogen and oxygen atoms in total. The van der Waals surface area contributed by atoms with Crippen LogP contribution >= 0.6 is 0 Å². The molecule has 1 aliphatic rings. The molecule has 1 aliphatic heterocycles. The van der Waals surface area contributed by atoms with Gasteiger partial charge in [-0.25, -0.2) is 0 Å². The molecule has 0 saturated carbocycles. The predicted octanol–water partition coefficient (Wildman–Crippen LogP) is 0.761. The Kier molecular flexibility index (Phi) is 2.56. The molecule has 0 fully saturated rings. The van der Waals surface area contributed by atoms with E-state index in [-0.39, 0.29) is 0 Å². The Hall–Kier alpha value is -2.54. The first kappa shape index (κ1) is 11.3. The highest BCUT2D eigenvalue weighted by molar-refractivity contribution is 5.64. The van der Waals surface area contributed by atoms with Crippen molar-refractivity contribution in [2.45, 2.75) is 6.54 Å². The van der Waals surface area contributed by atoms with E-state index in [2.05, 4.69) is 49.0 Å². The number of nitrogens with one attached hydrogen (secondary N) is 1. The Morgan fingerprint density at radius 1 is 1.10 bits per heavy atom. The van der Waals surface area contributed by atoms with Gasteiger partial charge in [0, 0.05) is 25.3 Å². The minimum absolute atomic E-state index is 0.648. The van der Waals surface area contributed by atoms with Crippen LogP contribution in [0, 0.1) is 0 Å². The quantitative estimate of drug-likeness (QED) is 0.702. The minimum Gasteiger partial charge on any atom is -0.323 e. The van der Waals surface area contributed by atoms with Crippen molar-refractivity contribution < 1.29 is 0 Å². The highest BCUT2D eigenvalue weighted by Crippen LogP contribution is 2.28. The molecule has 100 valence electrons. The number of anilines is 2. The summed E-state index contributed by atoms with van der Waals surface area (Å²) in [6.07, 6.45) is 0. The topological polar surface area (TPSA) is 71.2 Å². The second-order valence-electron chi connectivity index (χ2n) is 4.68. The molecule has 4 rings (SSSR count). The molecule has 0 saturated heterocycles. The zero-order valence-electron chi connectivity index (χ0n) is 10.8. The average Bonchev–Trinajstić information content (AvgIpc) is 2.85. The number of nitrogens with zero attached hydrogens (tertiary/aromatic N) is 6. The van der Waals surface area contributed by atoms with Crippen molar-refractivity contribution >= 4 is 17.2 Å². The number of aromatic nitrogens is 5. The summed E-state index contributed by atoms with van der Waals surface area (Å²) in [6.45, 7) is 2.64. The smallest absolute Gasteiger partial charge is 0.200 e. The van der Waals surface area contributed by atoms with Crippen molar-refractivity contribution in [3.8, 4) is 0 Å². The Morgan fingerprint density at radius 2 is 2.05 bits per heavy atom. The van der Waals surface area contributed by atoms with E-state index < -0.39 is 0 Å². The summed E-state index contributed by atoms with van der Waals surface area (Å²) < 4.78 is 1.45. The highest BCUT2D eigenvalue weighted by Gasteiger charge is 2.17. The van der Waals surface area contributed by atoms with Crippen LogP contribution < -0.4 is 10.2 Å². The summed E-state index contributed by atoms with van der Waals surface area (Å²) >= 11 is 0. The van der Waals surface area contributed by atoms with Gasteiger partial charge in [0.2, 0.25) is 0 Å². The molecule has 3 heterocycles. The molecule has 1 N–H and O–H groups in total. The largest absolute Gasteiger partial charge is 0.323 e. The van der Waals surface area contributed by atoms with E-state index in [1.165, 1.54) is 15.9 Å². The molecular formula is C13H13N7. The summed E-state index contributed by atoms with van der Waals surface area (Å²) in [5, 5.41) is 19.2. The predicted molar refractivity (Wildman–Crippen MR) is 73.7 cm³/mol. The third-order valence-corrected chi connectivity index (χ3v) is 3.44. The number of benzene rings is 1. The normalized spacial score (nSPS) is 15.1. The van der Waals surface area contributed by atoms with E-state index in [4.69, 9.17) is 0 Å². The Bertz CT molecular complexity index is 751. The van der Waals surface area contributed by atoms with Crippen molar-refractivity contribution in [1.82, 2.24) is 30.6 Å². The maximum Gasteiger partial charge on any atom is 0.200 e. The Balaban J connectivity index is 1.84. The fraction of sp³-hybridized carbons (Fsp3) is 0.231. The molecule has 0 bridgehead atoms. The number of hydrogen-bond acceptors (Lipinski definition) is 6. The fourth-order valence-electron chi connectivity index (χ4n) is 2.48. The molecule has 0 unspecified atom stereocenters. The number of para-hydroxylation sites is 1. The van der Waals surface area contributed by atoms with Gasteiger partial charge in [0.25, 0.3) is 0 Å². The summed E-state index contributed by atoms with van der Waals surface area (Å²) in [7, 11) is 0. The van der Waals surface area contributed by atoms with E-state index in [1.807, 2.05) is 18.2 Å². The summed E-state index contributed by atoms with van der Waals surface area (Å²) in [5.74, 6) is 0.848. The van der Waals surface area contributed by atoms with Crippen LogP contribution in [0.3, 0.4) is 0 Å². The van der Waals surface area contributed by atoms with Gasteiger partial charge in [0.05, 0.1) is 0 Å². The van der Waals surface area contributed by atoms with Crippen LogP contribution in [0.1, 0.15) is 5.56 Å². The number of hydrogen-bond donors (Lipinski definition) is 1. The Labute approximate surface area is 115 Å². The SMILES string of the molecule is c1ccc2c(c1)CNCCN2c1ccc2nnnn2n1. The second kappa shape index (κ2) is 4.53. The molecule has 0 aliphatic carbocycles. The van der Waals surface area contributed by atoms with Crippen LogP contribution in [0.15, 0.2) is 36.4 Å². The minimum atomic E-state index is 0.648. The lowest BCUT2D eigenvalue weighted by Gasteiger charge is -2.23. The Morgan fingerprint density at radius 3 is 3.05 bits per heavy atom. The molecular weight excluding hydrogens is 254 g/mol. The molecule has 7 heteroatoms. The lowest BCUT2D eigenvalue weighted by molar-refractivity contribution is 0.699. The van der Waals surface area contributed by atoms with Gasteiger partial charge in [-0.15, -0.1) is 14.8 Å². The van der Waals surface area contributed by atoms with Crippen LogP contribution in [0.5, 0.6) is 0 Å². The number of tetrazole rings is 1. The second-order valence-corrected chi connectivity index (χ2v) is 4.68. The zero-order valence-corrected chi connectivity index (χ0v) is 10.8. The van der Waals surface area contributed by atoms with E-state index in [1.54, 1.807) is 0 Å². The summed E-state index contributed by atoms with van der Waals surface area (Å²) in [4.78, 5) is 2.19. The van der Waals surface area contributed by atoms with E-state index in [0.717, 1.165) is 25.5 Å². The monoisotopic (exact) mass is 267 g/mol. The zero-order chi connectivity index (χ0) is 13.4. The molecule has 0 atom stereocenters. The van der Waals surface area contributed by atoms with Gasteiger partial charge in [0.15, 0.2) is 11.5 Å². The van der Waals surface area contributed by atoms with Gasteiger partial charge in [-0.1, -0.05) is 18.2 Å². The fourth-order valence-corrected chi connectivity index (χ4v) is 2.48. The van der Waals surface area contributed by atoms with Gasteiger partial charge in [-0.3, -0.25) is 0 Å². The van der Waals surface area contributed by atoms with E-state index >= 15 is 0 Å². The van der Waals surface area contributed by atoms with Crippen LogP contribution in [0.2, 0.25) is 0 Å². The van der Waals surface area contributed by atoms with Gasteiger partial charge in [-0.2, -0.15) is 0 Å². The van der Waals surface area contributed by atoms with Crippen molar-refractivity contribution in [2.75, 3.05) is 18.0 Å². The molecule has 3 aromatic rings. The summed E-state index contributed by atoms with van der Waals surface area (Å²) in [6, 6.07) is 12.2. The van der Waals surface area contributed by atoms with Gasteiger partial charge in [-0.05, 0) is 34.2 Å². The van der Waals surface area contributed by atoms with Crippen LogP contribution in [0.25, 0.3) is 5.65 Å².